The molecule has 6 nitrogen and oxygen atoms in total. The van der Waals surface area contributed by atoms with Gasteiger partial charge in [-0.1, -0.05) is 12.2 Å². The van der Waals surface area contributed by atoms with Gasteiger partial charge in [0.05, 0.1) is 6.61 Å². The van der Waals surface area contributed by atoms with Crippen molar-refractivity contribution in [1.29, 1.82) is 0 Å². The zero-order chi connectivity index (χ0) is 16.0. The van der Waals surface area contributed by atoms with Crippen LogP contribution in [0.2, 0.25) is 0 Å². The molecule has 22 heavy (non-hydrogen) atoms. The van der Waals surface area contributed by atoms with Gasteiger partial charge in [-0.3, -0.25) is 0 Å². The summed E-state index contributed by atoms with van der Waals surface area (Å²) < 4.78 is 31.9. The fourth-order valence-corrected chi connectivity index (χ4v) is 2.73. The smallest absolute Gasteiger partial charge is 0.228 e. The number of nitrogens with zero attached hydrogens (tertiary/aromatic N) is 1. The van der Waals surface area contributed by atoms with E-state index in [4.69, 9.17) is 22.1 Å². The molecule has 1 saturated heterocycles. The van der Waals surface area contributed by atoms with Crippen molar-refractivity contribution < 1.29 is 28.8 Å². The number of pyridine rings is 2. The van der Waals surface area contributed by atoms with Crippen molar-refractivity contribution in [2.24, 2.45) is 0 Å². The fraction of sp³-hybridized carbons (Fsp3) is 0.385. The highest BCUT2D eigenvalue weighted by Gasteiger charge is 2.43. The number of rotatable bonds is 2. The summed E-state index contributed by atoms with van der Waals surface area (Å²) in [5.41, 5.74) is 0.490. The average Bonchev–Trinajstić information content (AvgIpc) is 2.76. The van der Waals surface area contributed by atoms with Gasteiger partial charge in [-0.15, -0.1) is 0 Å². The first-order valence-corrected chi connectivity index (χ1v) is 6.84. The lowest BCUT2D eigenvalue weighted by molar-refractivity contribution is -0.0229. The molecule has 0 aromatic heterocycles. The second kappa shape index (κ2) is 5.60. The molecule has 0 aromatic rings. The number of nitrogens with one attached hydrogen (secondary N) is 1. The number of ether oxygens (including phenoxy) is 1. The Kier molecular flexibility index (Phi) is 3.91. The third kappa shape index (κ3) is 2.40. The zero-order valence-corrected chi connectivity index (χ0v) is 11.8. The summed E-state index contributed by atoms with van der Waals surface area (Å²) in [6, 6.07) is 2.35. The van der Waals surface area contributed by atoms with Crippen LogP contribution in [0.5, 0.6) is 0 Å². The van der Waals surface area contributed by atoms with Crippen molar-refractivity contribution in [2.75, 3.05) is 6.61 Å². The van der Waals surface area contributed by atoms with Gasteiger partial charge in [-0.2, -0.15) is 4.39 Å². The quantitative estimate of drug-likeness (QED) is 0.477. The average molecular weight is 330 g/mol. The van der Waals surface area contributed by atoms with Crippen molar-refractivity contribution in [1.82, 2.24) is 9.97 Å². The highest BCUT2D eigenvalue weighted by Crippen LogP contribution is 2.35. The number of aromatic amines is 1. The summed E-state index contributed by atoms with van der Waals surface area (Å²) in [6.45, 7) is -0.476. The fourth-order valence-electron chi connectivity index (χ4n) is 2.46. The predicted molar refractivity (Wildman–Crippen MR) is 72.7 cm³/mol. The highest BCUT2D eigenvalue weighted by molar-refractivity contribution is 7.71. The number of aliphatic hydroxyl groups is 3. The Bertz CT molecular complexity index is 741. The van der Waals surface area contributed by atoms with Gasteiger partial charge in [-0.25, -0.2) is 9.37 Å². The summed E-state index contributed by atoms with van der Waals surface area (Å²) in [7, 11) is 0. The lowest BCUT2D eigenvalue weighted by atomic mass is 10.0. The number of hydrogen-bond donors (Lipinski definition) is 4. The topological polar surface area (TPSA) is 98.6 Å². The summed E-state index contributed by atoms with van der Waals surface area (Å²) in [4.78, 5) is 6.09. The van der Waals surface area contributed by atoms with Crippen molar-refractivity contribution in [3.63, 3.8) is 0 Å². The molecule has 0 bridgehead atoms. The van der Waals surface area contributed by atoms with E-state index in [2.05, 4.69) is 9.97 Å². The Morgan fingerprint density at radius 2 is 2.00 bits per heavy atom. The van der Waals surface area contributed by atoms with E-state index in [1.54, 1.807) is 0 Å². The molecule has 3 aliphatic rings. The number of H-pyrrole nitrogens is 1. The van der Waals surface area contributed by atoms with E-state index in [0.29, 0.717) is 0 Å². The Morgan fingerprint density at radius 1 is 1.27 bits per heavy atom. The van der Waals surface area contributed by atoms with E-state index < -0.39 is 42.8 Å². The molecule has 0 spiro atoms. The molecule has 4 atom stereocenters. The van der Waals surface area contributed by atoms with Crippen molar-refractivity contribution in [2.45, 2.75) is 24.4 Å². The molecule has 118 valence electrons. The molecule has 0 radical (unpaired) electrons. The van der Waals surface area contributed by atoms with Crippen LogP contribution in [0.15, 0.2) is 12.1 Å². The van der Waals surface area contributed by atoms with E-state index >= 15 is 0 Å². The summed E-state index contributed by atoms with van der Waals surface area (Å²) in [6.07, 6.45) is -4.56. The number of aromatic nitrogens is 2. The van der Waals surface area contributed by atoms with Gasteiger partial charge in [0.2, 0.25) is 5.95 Å². The monoisotopic (exact) mass is 330 g/mol. The Labute approximate surface area is 128 Å². The molecule has 3 heterocycles. The molecular weight excluding hydrogens is 318 g/mol. The zero-order valence-electron chi connectivity index (χ0n) is 11.0. The van der Waals surface area contributed by atoms with E-state index in [1.165, 1.54) is 6.07 Å². The van der Waals surface area contributed by atoms with E-state index in [9.17, 15) is 19.0 Å². The summed E-state index contributed by atoms with van der Waals surface area (Å²) >= 11 is 5.08. The van der Waals surface area contributed by atoms with Crippen LogP contribution < -0.4 is 0 Å². The molecular formula is C13H12F2N2O4S. The molecule has 0 amide bonds. The normalized spacial score (nSPS) is 28.4. The Morgan fingerprint density at radius 3 is 2.64 bits per heavy atom. The molecule has 3 rings (SSSR count). The summed E-state index contributed by atoms with van der Waals surface area (Å²) in [5.74, 6) is -2.19. The van der Waals surface area contributed by atoms with Crippen molar-refractivity contribution >= 4 is 12.2 Å². The van der Waals surface area contributed by atoms with Gasteiger partial charge in [0.15, 0.2) is 5.82 Å². The number of hydrogen-bond acceptors (Lipinski definition) is 6. The minimum atomic E-state index is -1.31. The first-order valence-electron chi connectivity index (χ1n) is 6.43. The second-order valence-electron chi connectivity index (χ2n) is 5.01. The lowest BCUT2D eigenvalue weighted by Gasteiger charge is -2.16. The van der Waals surface area contributed by atoms with E-state index in [1.807, 2.05) is 0 Å². The van der Waals surface area contributed by atoms with Crippen LogP contribution in [-0.2, 0) is 4.74 Å². The lowest BCUT2D eigenvalue weighted by Crippen LogP contribution is -2.32. The largest absolute Gasteiger partial charge is 0.394 e. The van der Waals surface area contributed by atoms with Crippen molar-refractivity contribution in [3.05, 3.63) is 34.1 Å². The first kappa shape index (κ1) is 15.4. The van der Waals surface area contributed by atoms with Gasteiger partial charge in [-0.05, 0) is 12.1 Å². The van der Waals surface area contributed by atoms with Crippen molar-refractivity contribution in [3.8, 4) is 11.4 Å². The molecule has 3 aliphatic heterocycles. The van der Waals surface area contributed by atoms with Gasteiger partial charge in [0.25, 0.3) is 0 Å². The van der Waals surface area contributed by atoms with Crippen LogP contribution >= 0.6 is 12.2 Å². The van der Waals surface area contributed by atoms with E-state index in [0.717, 1.165) is 6.07 Å². The van der Waals surface area contributed by atoms with Gasteiger partial charge in [0.1, 0.15) is 34.9 Å². The maximum Gasteiger partial charge on any atom is 0.228 e. The highest BCUT2D eigenvalue weighted by atomic mass is 32.1. The minimum Gasteiger partial charge on any atom is -0.394 e. The molecule has 0 aliphatic carbocycles. The Hall–Kier alpha value is -1.52. The Balaban J connectivity index is 2.09. The number of aliphatic hydroxyl groups excluding tert-OH is 3. The predicted octanol–water partition coefficient (Wildman–Crippen LogP) is 0.676. The van der Waals surface area contributed by atoms with E-state index in [-0.39, 0.29) is 21.6 Å². The maximum absolute atomic E-state index is 13.3. The molecule has 0 saturated carbocycles. The van der Waals surface area contributed by atoms with Crippen LogP contribution in [-0.4, -0.2) is 50.2 Å². The standard InChI is InChI=1S/C13H12F2N2O4S/c14-6-2-4-1-5(13(22)17-12(4)16-11(6)15)10-9(20)8(19)7(3-18)21-10/h1-2,7-10,18-20H,3H2,(H,16,17,22)/t7-,8?,9+,10+/m1/s1. The second-order valence-corrected chi connectivity index (χ2v) is 5.40. The molecule has 1 unspecified atom stereocenters. The molecule has 4 N–H and O–H groups in total. The van der Waals surface area contributed by atoms with Crippen LogP contribution in [0.4, 0.5) is 8.78 Å². The van der Waals surface area contributed by atoms with Gasteiger partial charge in [0, 0.05) is 11.1 Å². The van der Waals surface area contributed by atoms with Gasteiger partial charge >= 0.3 is 0 Å². The molecule has 1 fully saturated rings. The number of halogens is 2. The third-order valence-corrected chi connectivity index (χ3v) is 3.94. The third-order valence-electron chi connectivity index (χ3n) is 3.61. The first-order chi connectivity index (χ1) is 10.4. The van der Waals surface area contributed by atoms with Crippen LogP contribution in [0, 0.1) is 16.4 Å². The van der Waals surface area contributed by atoms with Gasteiger partial charge < -0.3 is 25.0 Å². The summed E-state index contributed by atoms with van der Waals surface area (Å²) in [5, 5.41) is 28.9. The van der Waals surface area contributed by atoms with Crippen LogP contribution in [0.1, 0.15) is 11.7 Å². The van der Waals surface area contributed by atoms with Crippen LogP contribution in [0.3, 0.4) is 0 Å². The van der Waals surface area contributed by atoms with Crippen LogP contribution in [0.25, 0.3) is 11.4 Å². The molecule has 9 heteroatoms. The SMILES string of the molecule is OC[C@H]1O[C@@H](c2cc3cc(F)c(F)[nH]c-3nc2=S)[C@@H](O)C1O. The maximum atomic E-state index is 13.3. The molecule has 0 aromatic carbocycles. The minimum absolute atomic E-state index is 0.0181. The number of fused-ring (bicyclic) bond motifs is 1.